The second kappa shape index (κ2) is 8.11. The van der Waals surface area contributed by atoms with E-state index in [0.29, 0.717) is 28.8 Å². The summed E-state index contributed by atoms with van der Waals surface area (Å²) in [7, 11) is -0.994. The maximum Gasteiger partial charge on any atom is 0.263 e. The molecule has 160 valence electrons. The molecular formula is C20H19N5O5S. The lowest BCUT2D eigenvalue weighted by Crippen LogP contribution is -2.18. The van der Waals surface area contributed by atoms with Gasteiger partial charge in [-0.25, -0.2) is 8.42 Å². The van der Waals surface area contributed by atoms with Crippen LogP contribution < -0.4 is 14.8 Å². The SMILES string of the molecule is CNC(=O)c1ccc(S(=O)(=O)Nc2noc3cc(Cn4cccn4)cc(OC)c23)cc1. The topological polar surface area (TPSA) is 128 Å². The average molecular weight is 441 g/mol. The third kappa shape index (κ3) is 4.08. The van der Waals surface area contributed by atoms with Gasteiger partial charge in [0.05, 0.1) is 18.6 Å². The molecule has 0 radical (unpaired) electrons. The molecule has 0 saturated heterocycles. The monoisotopic (exact) mass is 441 g/mol. The Hall–Kier alpha value is -3.86. The summed E-state index contributed by atoms with van der Waals surface area (Å²) >= 11 is 0. The molecule has 2 N–H and O–H groups in total. The molecule has 0 aliphatic carbocycles. The zero-order valence-corrected chi connectivity index (χ0v) is 17.5. The number of fused-ring (bicyclic) bond motifs is 1. The first-order chi connectivity index (χ1) is 14.9. The fourth-order valence-electron chi connectivity index (χ4n) is 3.11. The van der Waals surface area contributed by atoms with E-state index < -0.39 is 10.0 Å². The van der Waals surface area contributed by atoms with Crippen LogP contribution in [0.4, 0.5) is 5.82 Å². The molecule has 0 aliphatic rings. The molecule has 1 amide bonds. The molecule has 11 heteroatoms. The Bertz CT molecular complexity index is 1330. The van der Waals surface area contributed by atoms with Crippen LogP contribution in [0, 0.1) is 0 Å². The van der Waals surface area contributed by atoms with Gasteiger partial charge in [-0.15, -0.1) is 0 Å². The van der Waals surface area contributed by atoms with E-state index in [9.17, 15) is 13.2 Å². The van der Waals surface area contributed by atoms with E-state index in [4.69, 9.17) is 9.26 Å². The number of benzene rings is 2. The first kappa shape index (κ1) is 20.4. The van der Waals surface area contributed by atoms with Gasteiger partial charge >= 0.3 is 0 Å². The molecule has 10 nitrogen and oxygen atoms in total. The number of aromatic nitrogens is 3. The molecule has 2 heterocycles. The number of hydrogen-bond donors (Lipinski definition) is 2. The van der Waals surface area contributed by atoms with Crippen LogP contribution >= 0.6 is 0 Å². The number of nitrogens with one attached hydrogen (secondary N) is 2. The Labute approximate surface area is 177 Å². The minimum Gasteiger partial charge on any atom is -0.496 e. The van der Waals surface area contributed by atoms with E-state index in [1.807, 2.05) is 12.3 Å². The zero-order chi connectivity index (χ0) is 22.0. The number of anilines is 1. The van der Waals surface area contributed by atoms with Crippen LogP contribution in [0.3, 0.4) is 0 Å². The predicted molar refractivity (Wildman–Crippen MR) is 113 cm³/mol. The van der Waals surface area contributed by atoms with Crippen molar-refractivity contribution < 1.29 is 22.5 Å². The van der Waals surface area contributed by atoms with Crippen LogP contribution in [-0.2, 0) is 16.6 Å². The van der Waals surface area contributed by atoms with Crippen molar-refractivity contribution in [1.29, 1.82) is 0 Å². The molecule has 2 aromatic heterocycles. The molecule has 2 aromatic carbocycles. The maximum atomic E-state index is 12.8. The van der Waals surface area contributed by atoms with Gasteiger partial charge in [-0.3, -0.25) is 14.2 Å². The molecule has 0 saturated carbocycles. The molecule has 0 bridgehead atoms. The summed E-state index contributed by atoms with van der Waals surface area (Å²) in [4.78, 5) is 11.6. The second-order valence-corrected chi connectivity index (χ2v) is 8.30. The van der Waals surface area contributed by atoms with E-state index in [1.54, 1.807) is 23.0 Å². The molecule has 31 heavy (non-hydrogen) atoms. The van der Waals surface area contributed by atoms with Crippen molar-refractivity contribution in [3.8, 4) is 5.75 Å². The van der Waals surface area contributed by atoms with Crippen LogP contribution in [0.15, 0.2) is 64.3 Å². The van der Waals surface area contributed by atoms with Crippen molar-refractivity contribution in [3.63, 3.8) is 0 Å². The highest BCUT2D eigenvalue weighted by atomic mass is 32.2. The zero-order valence-electron chi connectivity index (χ0n) is 16.7. The standard InChI is InChI=1S/C20H19N5O5S/c1-21-20(26)14-4-6-15(7-5-14)31(27,28)24-19-18-16(29-2)10-13(11-17(18)30-23-19)12-25-9-3-8-22-25/h3-11H,12H2,1-2H3,(H,21,26)(H,23,24). The Balaban J connectivity index is 1.65. The summed E-state index contributed by atoms with van der Waals surface area (Å²) < 4.78 is 40.6. The van der Waals surface area contributed by atoms with Crippen molar-refractivity contribution in [2.24, 2.45) is 0 Å². The van der Waals surface area contributed by atoms with Gasteiger partial charge in [-0.2, -0.15) is 5.10 Å². The Morgan fingerprint density at radius 1 is 1.23 bits per heavy atom. The van der Waals surface area contributed by atoms with Crippen molar-refractivity contribution in [3.05, 3.63) is 66.0 Å². The normalized spacial score (nSPS) is 11.4. The van der Waals surface area contributed by atoms with E-state index >= 15 is 0 Å². The fraction of sp³-hybridized carbons (Fsp3) is 0.150. The van der Waals surface area contributed by atoms with Crippen molar-refractivity contribution in [2.45, 2.75) is 11.4 Å². The number of rotatable bonds is 7. The highest BCUT2D eigenvalue weighted by Gasteiger charge is 2.22. The predicted octanol–water partition coefficient (Wildman–Crippen LogP) is 2.24. The van der Waals surface area contributed by atoms with Crippen LogP contribution in [-0.4, -0.2) is 43.4 Å². The third-order valence-corrected chi connectivity index (χ3v) is 5.96. The van der Waals surface area contributed by atoms with E-state index in [-0.39, 0.29) is 16.6 Å². The number of ether oxygens (including phenoxy) is 1. The second-order valence-electron chi connectivity index (χ2n) is 6.62. The van der Waals surface area contributed by atoms with E-state index in [1.165, 1.54) is 38.4 Å². The molecule has 4 aromatic rings. The van der Waals surface area contributed by atoms with Gasteiger partial charge in [0, 0.05) is 25.0 Å². The lowest BCUT2D eigenvalue weighted by Gasteiger charge is -2.09. The number of carbonyl (C=O) groups excluding carboxylic acids is 1. The average Bonchev–Trinajstić information content (AvgIpc) is 3.42. The molecule has 0 unspecified atom stereocenters. The number of sulfonamides is 1. The van der Waals surface area contributed by atoms with Crippen LogP contribution in [0.2, 0.25) is 0 Å². The first-order valence-corrected chi connectivity index (χ1v) is 10.7. The molecule has 4 rings (SSSR count). The summed E-state index contributed by atoms with van der Waals surface area (Å²) in [5.41, 5.74) is 1.57. The Morgan fingerprint density at radius 3 is 2.65 bits per heavy atom. The highest BCUT2D eigenvalue weighted by molar-refractivity contribution is 7.92. The molecule has 0 spiro atoms. The summed E-state index contributed by atoms with van der Waals surface area (Å²) in [5.74, 6) is 0.108. The fourth-order valence-corrected chi connectivity index (χ4v) is 4.12. The summed E-state index contributed by atoms with van der Waals surface area (Å²) in [5, 5.41) is 10.9. The number of amides is 1. The molecule has 0 aliphatic heterocycles. The van der Waals surface area contributed by atoms with Crippen LogP contribution in [0.5, 0.6) is 5.75 Å². The highest BCUT2D eigenvalue weighted by Crippen LogP contribution is 2.34. The van der Waals surface area contributed by atoms with E-state index in [2.05, 4.69) is 20.3 Å². The van der Waals surface area contributed by atoms with Crippen molar-refractivity contribution >= 4 is 32.7 Å². The lowest BCUT2D eigenvalue weighted by atomic mass is 10.1. The number of methoxy groups -OCH3 is 1. The van der Waals surface area contributed by atoms with Crippen LogP contribution in [0.25, 0.3) is 11.0 Å². The smallest absolute Gasteiger partial charge is 0.263 e. The molecule has 0 fully saturated rings. The van der Waals surface area contributed by atoms with Crippen LogP contribution in [0.1, 0.15) is 15.9 Å². The van der Waals surface area contributed by atoms with E-state index in [0.717, 1.165) is 5.56 Å². The lowest BCUT2D eigenvalue weighted by molar-refractivity contribution is 0.0963. The van der Waals surface area contributed by atoms with Gasteiger partial charge in [0.25, 0.3) is 15.9 Å². The summed E-state index contributed by atoms with van der Waals surface area (Å²) in [6.45, 7) is 0.485. The number of carbonyl (C=O) groups is 1. The summed E-state index contributed by atoms with van der Waals surface area (Å²) in [6.07, 6.45) is 3.50. The van der Waals surface area contributed by atoms with Crippen molar-refractivity contribution in [2.75, 3.05) is 18.9 Å². The first-order valence-electron chi connectivity index (χ1n) is 9.20. The minimum atomic E-state index is -3.97. The van der Waals surface area contributed by atoms with Gasteiger partial charge in [-0.05, 0) is 48.0 Å². The maximum absolute atomic E-state index is 12.8. The summed E-state index contributed by atoms with van der Waals surface area (Å²) in [6, 6.07) is 10.9. The van der Waals surface area contributed by atoms with Gasteiger partial charge in [0.1, 0.15) is 11.1 Å². The number of hydrogen-bond acceptors (Lipinski definition) is 7. The third-order valence-electron chi connectivity index (χ3n) is 4.61. The van der Waals surface area contributed by atoms with Gasteiger partial charge in [0.2, 0.25) is 0 Å². The van der Waals surface area contributed by atoms with Gasteiger partial charge in [0.15, 0.2) is 11.4 Å². The number of nitrogens with zero attached hydrogens (tertiary/aromatic N) is 3. The quantitative estimate of drug-likeness (QED) is 0.450. The Morgan fingerprint density at radius 2 is 2.00 bits per heavy atom. The minimum absolute atomic E-state index is 0.00728. The molecule has 0 atom stereocenters. The Kier molecular flexibility index (Phi) is 5.34. The largest absolute Gasteiger partial charge is 0.496 e. The molecular weight excluding hydrogens is 422 g/mol. The van der Waals surface area contributed by atoms with Gasteiger partial charge in [-0.1, -0.05) is 5.16 Å². The van der Waals surface area contributed by atoms with Crippen molar-refractivity contribution in [1.82, 2.24) is 20.3 Å². The van der Waals surface area contributed by atoms with Gasteiger partial charge < -0.3 is 14.6 Å².